The Balaban J connectivity index is 2.57. The lowest BCUT2D eigenvalue weighted by Gasteiger charge is -2.17. The minimum Gasteiger partial charge on any atom is -0.345 e. The number of aryl methyl sites for hydroxylation is 1. The first-order valence-electron chi connectivity index (χ1n) is 6.49. The van der Waals surface area contributed by atoms with E-state index >= 15 is 0 Å². The molecule has 102 valence electrons. The van der Waals surface area contributed by atoms with Crippen LogP contribution in [-0.4, -0.2) is 33.7 Å². The van der Waals surface area contributed by atoms with E-state index in [9.17, 15) is 4.79 Å². The van der Waals surface area contributed by atoms with Crippen molar-refractivity contribution in [3.05, 3.63) is 11.6 Å². The summed E-state index contributed by atoms with van der Waals surface area (Å²) in [6.45, 7) is 6.67. The maximum Gasteiger partial charge on any atom is 0.291 e. The van der Waals surface area contributed by atoms with Crippen molar-refractivity contribution in [3.63, 3.8) is 0 Å². The first-order chi connectivity index (χ1) is 8.56. The summed E-state index contributed by atoms with van der Waals surface area (Å²) in [7, 11) is 0. The molecule has 0 aliphatic carbocycles. The average molecular weight is 253 g/mol. The summed E-state index contributed by atoms with van der Waals surface area (Å²) in [5.74, 6) is 1.17. The van der Waals surface area contributed by atoms with Crippen LogP contribution in [0.4, 0.5) is 0 Å². The van der Waals surface area contributed by atoms with Gasteiger partial charge in [0, 0.05) is 19.0 Å². The van der Waals surface area contributed by atoms with Gasteiger partial charge in [0.1, 0.15) is 5.82 Å². The highest BCUT2D eigenvalue weighted by Gasteiger charge is 2.17. The molecule has 1 aromatic rings. The minimum atomic E-state index is -0.260. The van der Waals surface area contributed by atoms with Crippen molar-refractivity contribution >= 4 is 5.91 Å². The van der Waals surface area contributed by atoms with Crippen molar-refractivity contribution < 1.29 is 4.79 Å². The molecule has 0 spiro atoms. The van der Waals surface area contributed by atoms with Crippen molar-refractivity contribution in [2.75, 3.05) is 6.54 Å². The molecule has 1 amide bonds. The molecule has 0 saturated carbocycles. The van der Waals surface area contributed by atoms with Gasteiger partial charge in [-0.05, 0) is 18.8 Å². The van der Waals surface area contributed by atoms with Crippen molar-refractivity contribution in [1.29, 1.82) is 0 Å². The normalized spacial score (nSPS) is 12.7. The lowest BCUT2D eigenvalue weighted by Crippen LogP contribution is -2.41. The van der Waals surface area contributed by atoms with Crippen LogP contribution in [0.2, 0.25) is 0 Å². The van der Waals surface area contributed by atoms with Crippen LogP contribution in [0, 0.1) is 5.92 Å². The summed E-state index contributed by atoms with van der Waals surface area (Å²) in [5.41, 5.74) is 5.64. The molecule has 0 aliphatic rings. The van der Waals surface area contributed by atoms with Crippen LogP contribution in [0.15, 0.2) is 0 Å². The van der Waals surface area contributed by atoms with E-state index in [1.807, 2.05) is 0 Å². The van der Waals surface area contributed by atoms with E-state index in [1.54, 1.807) is 0 Å². The molecular formula is C12H23N5O. The van der Waals surface area contributed by atoms with Gasteiger partial charge in [0.05, 0.1) is 0 Å². The maximum absolute atomic E-state index is 11.9. The van der Waals surface area contributed by atoms with Gasteiger partial charge in [-0.2, -0.15) is 0 Å². The van der Waals surface area contributed by atoms with E-state index in [2.05, 4.69) is 41.3 Å². The Labute approximate surface area is 108 Å². The van der Waals surface area contributed by atoms with Gasteiger partial charge >= 0.3 is 0 Å². The van der Waals surface area contributed by atoms with E-state index in [0.29, 0.717) is 12.5 Å². The Hall–Kier alpha value is -1.43. The van der Waals surface area contributed by atoms with E-state index in [0.717, 1.165) is 25.1 Å². The summed E-state index contributed by atoms with van der Waals surface area (Å²) >= 11 is 0. The fourth-order valence-corrected chi connectivity index (χ4v) is 1.78. The van der Waals surface area contributed by atoms with E-state index in [4.69, 9.17) is 5.73 Å². The first-order valence-corrected chi connectivity index (χ1v) is 6.49. The van der Waals surface area contributed by atoms with Crippen LogP contribution in [-0.2, 0) is 6.42 Å². The van der Waals surface area contributed by atoms with Gasteiger partial charge in [0.2, 0.25) is 5.82 Å². The zero-order chi connectivity index (χ0) is 13.5. The second kappa shape index (κ2) is 7.10. The van der Waals surface area contributed by atoms with Crippen LogP contribution < -0.4 is 11.1 Å². The molecule has 0 radical (unpaired) electrons. The van der Waals surface area contributed by atoms with Gasteiger partial charge < -0.3 is 11.1 Å². The lowest BCUT2D eigenvalue weighted by atomic mass is 10.0. The summed E-state index contributed by atoms with van der Waals surface area (Å²) < 4.78 is 0. The second-order valence-corrected chi connectivity index (χ2v) is 4.89. The monoisotopic (exact) mass is 253 g/mol. The number of rotatable bonds is 7. The molecule has 1 heterocycles. The largest absolute Gasteiger partial charge is 0.345 e. The molecule has 0 bridgehead atoms. The second-order valence-electron chi connectivity index (χ2n) is 4.89. The van der Waals surface area contributed by atoms with E-state index < -0.39 is 0 Å². The van der Waals surface area contributed by atoms with Crippen LogP contribution in [0.3, 0.4) is 0 Å². The Morgan fingerprint density at radius 3 is 2.78 bits per heavy atom. The molecule has 18 heavy (non-hydrogen) atoms. The van der Waals surface area contributed by atoms with E-state index in [1.165, 1.54) is 0 Å². The third-order valence-electron chi connectivity index (χ3n) is 2.60. The summed E-state index contributed by atoms with van der Waals surface area (Å²) in [5, 5.41) is 9.54. The molecule has 0 fully saturated rings. The summed E-state index contributed by atoms with van der Waals surface area (Å²) in [4.78, 5) is 16.0. The molecule has 6 heteroatoms. The number of H-pyrrole nitrogens is 1. The Morgan fingerprint density at radius 1 is 1.50 bits per heavy atom. The molecule has 1 atom stereocenters. The highest BCUT2D eigenvalue weighted by Crippen LogP contribution is 2.04. The molecule has 0 aliphatic heterocycles. The quantitative estimate of drug-likeness (QED) is 0.671. The van der Waals surface area contributed by atoms with Crippen molar-refractivity contribution in [2.45, 2.75) is 46.1 Å². The Morgan fingerprint density at radius 2 is 2.22 bits per heavy atom. The van der Waals surface area contributed by atoms with Gasteiger partial charge in [-0.25, -0.2) is 4.98 Å². The topological polar surface area (TPSA) is 96.7 Å². The van der Waals surface area contributed by atoms with Crippen molar-refractivity contribution in [3.8, 4) is 0 Å². The Kier molecular flexibility index (Phi) is 5.77. The van der Waals surface area contributed by atoms with Gasteiger partial charge in [0.15, 0.2) is 0 Å². The average Bonchev–Trinajstić information content (AvgIpc) is 2.76. The number of hydrogen-bond donors (Lipinski definition) is 3. The van der Waals surface area contributed by atoms with Crippen LogP contribution in [0.5, 0.6) is 0 Å². The van der Waals surface area contributed by atoms with Crippen molar-refractivity contribution in [2.24, 2.45) is 11.7 Å². The summed E-state index contributed by atoms with van der Waals surface area (Å²) in [6, 6.07) is -0.0226. The fraction of sp³-hybridized carbons (Fsp3) is 0.750. The zero-order valence-electron chi connectivity index (χ0n) is 11.4. The number of carbonyl (C=O) groups is 1. The number of hydrogen-bond acceptors (Lipinski definition) is 4. The number of aromatic amines is 1. The molecule has 6 nitrogen and oxygen atoms in total. The van der Waals surface area contributed by atoms with Gasteiger partial charge in [-0.15, -0.1) is 5.10 Å². The lowest BCUT2D eigenvalue weighted by molar-refractivity contribution is 0.0923. The Bertz CT molecular complexity index is 374. The van der Waals surface area contributed by atoms with Crippen molar-refractivity contribution in [1.82, 2.24) is 20.5 Å². The number of nitrogens with one attached hydrogen (secondary N) is 2. The van der Waals surface area contributed by atoms with Gasteiger partial charge in [0.25, 0.3) is 5.91 Å². The molecule has 0 aromatic carbocycles. The standard InChI is InChI=1S/C12H23N5O/c1-4-5-10-15-11(17-16-10)12(18)14-9(7-13)6-8(2)3/h8-9H,4-7,13H2,1-3H3,(H,14,18)(H,15,16,17). The molecular weight excluding hydrogens is 230 g/mol. The molecule has 1 aromatic heterocycles. The molecule has 1 rings (SSSR count). The van der Waals surface area contributed by atoms with Gasteiger partial charge in [-0.3, -0.25) is 9.89 Å². The number of amides is 1. The van der Waals surface area contributed by atoms with Gasteiger partial charge in [-0.1, -0.05) is 20.8 Å². The minimum absolute atomic E-state index is 0.0226. The highest BCUT2D eigenvalue weighted by atomic mass is 16.2. The predicted octanol–water partition coefficient (Wildman–Crippen LogP) is 0.860. The highest BCUT2D eigenvalue weighted by molar-refractivity contribution is 5.90. The fourth-order valence-electron chi connectivity index (χ4n) is 1.78. The predicted molar refractivity (Wildman–Crippen MR) is 70.1 cm³/mol. The molecule has 0 saturated heterocycles. The van der Waals surface area contributed by atoms with E-state index in [-0.39, 0.29) is 17.8 Å². The maximum atomic E-state index is 11.9. The zero-order valence-corrected chi connectivity index (χ0v) is 11.4. The smallest absolute Gasteiger partial charge is 0.291 e. The molecule has 4 N–H and O–H groups in total. The number of aromatic nitrogens is 3. The first kappa shape index (κ1) is 14.6. The third kappa shape index (κ3) is 4.44. The summed E-state index contributed by atoms with van der Waals surface area (Å²) in [6.07, 6.45) is 2.62. The SMILES string of the molecule is CCCc1nc(C(=O)NC(CN)CC(C)C)n[nH]1. The number of carbonyl (C=O) groups excluding carboxylic acids is 1. The number of nitrogens with zero attached hydrogens (tertiary/aromatic N) is 2. The number of nitrogens with two attached hydrogens (primary N) is 1. The van der Waals surface area contributed by atoms with Crippen LogP contribution in [0.25, 0.3) is 0 Å². The third-order valence-corrected chi connectivity index (χ3v) is 2.60. The molecule has 1 unspecified atom stereocenters. The van der Waals surface area contributed by atoms with Crippen LogP contribution in [0.1, 0.15) is 50.1 Å². The van der Waals surface area contributed by atoms with Crippen LogP contribution >= 0.6 is 0 Å².